The first-order valence-electron chi connectivity index (χ1n) is 10.1. The van der Waals surface area contributed by atoms with Crippen molar-refractivity contribution in [1.29, 1.82) is 0 Å². The van der Waals surface area contributed by atoms with Crippen molar-refractivity contribution in [2.45, 2.75) is 40.2 Å². The number of carbonyl (C=O) groups is 3. The minimum Gasteiger partial charge on any atom is -0.493 e. The van der Waals surface area contributed by atoms with Gasteiger partial charge in [0.25, 0.3) is 11.8 Å². The first-order valence-corrected chi connectivity index (χ1v) is 10.1. The Hall–Kier alpha value is -3.61. The quantitative estimate of drug-likeness (QED) is 0.558. The number of carbonyl (C=O) groups excluding carboxylic acids is 3. The highest BCUT2D eigenvalue weighted by molar-refractivity contribution is 6.39. The van der Waals surface area contributed by atoms with Crippen LogP contribution in [0.1, 0.15) is 37.0 Å². The van der Waals surface area contributed by atoms with E-state index in [4.69, 9.17) is 9.47 Å². The average Bonchev–Trinajstić information content (AvgIpc) is 2.71. The lowest BCUT2D eigenvalue weighted by Crippen LogP contribution is -2.54. The van der Waals surface area contributed by atoms with Crippen LogP contribution in [0.3, 0.4) is 0 Å². The summed E-state index contributed by atoms with van der Waals surface area (Å²) in [6, 6.07) is 9.82. The van der Waals surface area contributed by atoms with E-state index in [9.17, 15) is 14.4 Å². The molecule has 0 aliphatic carbocycles. The number of hydrogen-bond acceptors (Lipinski definition) is 5. The number of rotatable bonds is 6. The molecule has 1 aliphatic rings. The maximum absolute atomic E-state index is 13.2. The molecule has 162 valence electrons. The lowest BCUT2D eigenvalue weighted by atomic mass is 10.0. The molecule has 3 rings (SSSR count). The van der Waals surface area contributed by atoms with E-state index in [0.717, 1.165) is 22.4 Å². The van der Waals surface area contributed by atoms with Gasteiger partial charge in [-0.05, 0) is 62.6 Å². The normalized spacial score (nSPS) is 16.4. The maximum atomic E-state index is 13.2. The summed E-state index contributed by atoms with van der Waals surface area (Å²) < 4.78 is 11.4. The molecule has 4 amide bonds. The molecule has 0 radical (unpaired) electrons. The number of imide groups is 2. The number of barbiturate groups is 1. The van der Waals surface area contributed by atoms with Crippen LogP contribution in [0.2, 0.25) is 0 Å². The van der Waals surface area contributed by atoms with Crippen LogP contribution in [0, 0.1) is 13.8 Å². The molecule has 7 heteroatoms. The van der Waals surface area contributed by atoms with Crippen LogP contribution in [0.4, 0.5) is 10.5 Å². The van der Waals surface area contributed by atoms with E-state index < -0.39 is 17.8 Å². The Morgan fingerprint density at radius 1 is 1.10 bits per heavy atom. The van der Waals surface area contributed by atoms with E-state index >= 15 is 0 Å². The number of amides is 4. The van der Waals surface area contributed by atoms with E-state index in [1.54, 1.807) is 30.3 Å². The van der Waals surface area contributed by atoms with Crippen LogP contribution in [0.5, 0.6) is 11.5 Å². The van der Waals surface area contributed by atoms with Gasteiger partial charge >= 0.3 is 6.03 Å². The molecule has 0 spiro atoms. The minimum absolute atomic E-state index is 0.0994. The van der Waals surface area contributed by atoms with Crippen molar-refractivity contribution in [3.63, 3.8) is 0 Å². The molecule has 1 heterocycles. The number of benzene rings is 2. The van der Waals surface area contributed by atoms with E-state index in [2.05, 4.69) is 5.32 Å². The Bertz CT molecular complexity index is 1050. The second-order valence-corrected chi connectivity index (χ2v) is 7.52. The third-order valence-corrected chi connectivity index (χ3v) is 4.99. The van der Waals surface area contributed by atoms with Gasteiger partial charge < -0.3 is 9.47 Å². The topological polar surface area (TPSA) is 84.9 Å². The number of anilines is 1. The molecule has 1 atom stereocenters. The Balaban J connectivity index is 2.08. The third kappa shape index (κ3) is 4.60. The fourth-order valence-corrected chi connectivity index (χ4v) is 3.35. The third-order valence-electron chi connectivity index (χ3n) is 4.99. The second-order valence-electron chi connectivity index (χ2n) is 7.52. The van der Waals surface area contributed by atoms with Gasteiger partial charge in [-0.15, -0.1) is 0 Å². The highest BCUT2D eigenvalue weighted by atomic mass is 16.5. The van der Waals surface area contributed by atoms with Crippen molar-refractivity contribution in [2.75, 3.05) is 12.0 Å². The summed E-state index contributed by atoms with van der Waals surface area (Å²) in [5.74, 6) is -0.535. The van der Waals surface area contributed by atoms with Crippen LogP contribution in [0.15, 0.2) is 42.0 Å². The highest BCUT2D eigenvalue weighted by Gasteiger charge is 2.37. The zero-order chi connectivity index (χ0) is 22.7. The van der Waals surface area contributed by atoms with Gasteiger partial charge in [0.2, 0.25) is 0 Å². The van der Waals surface area contributed by atoms with E-state index in [1.165, 1.54) is 13.2 Å². The highest BCUT2D eigenvalue weighted by Crippen LogP contribution is 2.34. The summed E-state index contributed by atoms with van der Waals surface area (Å²) in [7, 11) is 1.52. The smallest absolute Gasteiger partial charge is 0.335 e. The SMILES string of the molecule is CC[C@H](C)Oc1c(/C=C2\C(=O)NC(=O)N(c3cc(C)cc(C)c3)C2=O)cccc1OC. The number of hydrogen-bond donors (Lipinski definition) is 1. The zero-order valence-electron chi connectivity index (χ0n) is 18.3. The van der Waals surface area contributed by atoms with Crippen molar-refractivity contribution in [1.82, 2.24) is 5.32 Å². The summed E-state index contributed by atoms with van der Waals surface area (Å²) >= 11 is 0. The molecule has 31 heavy (non-hydrogen) atoms. The van der Waals surface area contributed by atoms with Gasteiger partial charge in [-0.25, -0.2) is 9.69 Å². The van der Waals surface area contributed by atoms with Crippen molar-refractivity contribution in [2.24, 2.45) is 0 Å². The molecular weight excluding hydrogens is 396 g/mol. The lowest BCUT2D eigenvalue weighted by molar-refractivity contribution is -0.122. The molecule has 7 nitrogen and oxygen atoms in total. The lowest BCUT2D eigenvalue weighted by Gasteiger charge is -2.27. The Kier molecular flexibility index (Phi) is 6.44. The number of methoxy groups -OCH3 is 1. The molecule has 1 saturated heterocycles. The molecule has 2 aromatic rings. The number of nitrogens with one attached hydrogen (secondary N) is 1. The standard InChI is InChI=1S/C24H26N2O5/c1-6-16(4)31-21-17(8-7-9-20(21)30-5)13-19-22(27)25-24(29)26(23(19)28)18-11-14(2)10-15(3)12-18/h7-13,16H,6H2,1-5H3,(H,25,27,29)/b19-13+/t16-/m0/s1. The van der Waals surface area contributed by atoms with Crippen LogP contribution < -0.4 is 19.7 Å². The Morgan fingerprint density at radius 3 is 2.39 bits per heavy atom. The fourth-order valence-electron chi connectivity index (χ4n) is 3.35. The van der Waals surface area contributed by atoms with Crippen molar-refractivity contribution >= 4 is 29.6 Å². The van der Waals surface area contributed by atoms with E-state index in [-0.39, 0.29) is 11.7 Å². The molecule has 0 aromatic heterocycles. The molecular formula is C24H26N2O5. The van der Waals surface area contributed by atoms with Crippen molar-refractivity contribution < 1.29 is 23.9 Å². The van der Waals surface area contributed by atoms with Crippen molar-refractivity contribution in [3.8, 4) is 11.5 Å². The van der Waals surface area contributed by atoms with Gasteiger partial charge in [-0.1, -0.05) is 25.1 Å². The molecule has 0 bridgehead atoms. The first-order chi connectivity index (χ1) is 14.7. The first kappa shape index (κ1) is 22.1. The minimum atomic E-state index is -0.779. The van der Waals surface area contributed by atoms with Crippen LogP contribution in [0.25, 0.3) is 6.08 Å². The Labute approximate surface area is 181 Å². The summed E-state index contributed by atoms with van der Waals surface area (Å²) in [5.41, 5.74) is 2.54. The second kappa shape index (κ2) is 9.04. The van der Waals surface area contributed by atoms with E-state index in [0.29, 0.717) is 22.7 Å². The number of urea groups is 1. The number of para-hydroxylation sites is 1. The van der Waals surface area contributed by atoms with Gasteiger partial charge in [0.15, 0.2) is 11.5 Å². The predicted molar refractivity (Wildman–Crippen MR) is 118 cm³/mol. The zero-order valence-corrected chi connectivity index (χ0v) is 18.3. The van der Waals surface area contributed by atoms with E-state index in [1.807, 2.05) is 33.8 Å². The molecule has 1 fully saturated rings. The maximum Gasteiger partial charge on any atom is 0.335 e. The van der Waals surface area contributed by atoms with Gasteiger partial charge in [0, 0.05) is 5.56 Å². The summed E-state index contributed by atoms with van der Waals surface area (Å²) in [5, 5.41) is 2.25. The summed E-state index contributed by atoms with van der Waals surface area (Å²) in [6.07, 6.45) is 2.10. The monoisotopic (exact) mass is 422 g/mol. The molecule has 0 saturated carbocycles. The van der Waals surface area contributed by atoms with Crippen molar-refractivity contribution in [3.05, 3.63) is 58.7 Å². The van der Waals surface area contributed by atoms with Gasteiger partial charge in [0.05, 0.1) is 18.9 Å². The average molecular weight is 422 g/mol. The molecule has 1 aliphatic heterocycles. The molecule has 1 N–H and O–H groups in total. The predicted octanol–water partition coefficient (Wildman–Crippen LogP) is 4.16. The van der Waals surface area contributed by atoms with Crippen LogP contribution in [-0.4, -0.2) is 31.1 Å². The largest absolute Gasteiger partial charge is 0.493 e. The van der Waals surface area contributed by atoms with Crippen LogP contribution in [-0.2, 0) is 9.59 Å². The van der Waals surface area contributed by atoms with Crippen LogP contribution >= 0.6 is 0 Å². The van der Waals surface area contributed by atoms with Gasteiger partial charge in [-0.3, -0.25) is 14.9 Å². The fraction of sp³-hybridized carbons (Fsp3) is 0.292. The summed E-state index contributed by atoms with van der Waals surface area (Å²) in [4.78, 5) is 39.2. The molecule has 0 unspecified atom stereocenters. The number of nitrogens with zero attached hydrogens (tertiary/aromatic N) is 1. The summed E-state index contributed by atoms with van der Waals surface area (Å²) in [6.45, 7) is 7.66. The Morgan fingerprint density at radius 2 is 1.77 bits per heavy atom. The number of aryl methyl sites for hydroxylation is 2. The number of ether oxygens (including phenoxy) is 2. The molecule has 2 aromatic carbocycles. The van der Waals surface area contributed by atoms with Gasteiger partial charge in [-0.2, -0.15) is 0 Å². The van der Waals surface area contributed by atoms with Gasteiger partial charge in [0.1, 0.15) is 5.57 Å².